The summed E-state index contributed by atoms with van der Waals surface area (Å²) < 4.78 is 10.7. The second-order valence-electron chi connectivity index (χ2n) is 6.58. The molecule has 0 saturated carbocycles. The lowest BCUT2D eigenvalue weighted by Gasteiger charge is -2.16. The van der Waals surface area contributed by atoms with Crippen molar-refractivity contribution < 1.29 is 14.3 Å². The van der Waals surface area contributed by atoms with Crippen LogP contribution in [0, 0.1) is 5.92 Å². The van der Waals surface area contributed by atoms with Crippen molar-refractivity contribution in [2.75, 3.05) is 13.7 Å². The lowest BCUT2D eigenvalue weighted by Crippen LogP contribution is -2.12. The van der Waals surface area contributed by atoms with E-state index in [1.54, 1.807) is 18.2 Å². The molecule has 144 valence electrons. The fourth-order valence-corrected chi connectivity index (χ4v) is 4.79. The molecule has 1 aromatic carbocycles. The highest BCUT2D eigenvalue weighted by molar-refractivity contribution is 7.13. The molecule has 6 heteroatoms. The molecule has 2 aromatic rings. The minimum absolute atomic E-state index is 0.261. The highest BCUT2D eigenvalue weighted by atomic mass is 35.5. The van der Waals surface area contributed by atoms with E-state index in [9.17, 15) is 4.79 Å². The molecular weight excluding hydrogens is 403 g/mol. The van der Waals surface area contributed by atoms with Gasteiger partial charge in [-0.25, -0.2) is 4.79 Å². The molecule has 0 aliphatic heterocycles. The van der Waals surface area contributed by atoms with Gasteiger partial charge in [0.2, 0.25) is 0 Å². The van der Waals surface area contributed by atoms with E-state index in [0.717, 1.165) is 32.1 Å². The summed E-state index contributed by atoms with van der Waals surface area (Å²) in [6, 6.07) is 9.15. The fraction of sp³-hybridized carbons (Fsp3) is 0.381. The third-order valence-electron chi connectivity index (χ3n) is 4.67. The van der Waals surface area contributed by atoms with Gasteiger partial charge < -0.3 is 9.47 Å². The summed E-state index contributed by atoms with van der Waals surface area (Å²) in [6.07, 6.45) is 7.65. The molecule has 3 nitrogen and oxygen atoms in total. The van der Waals surface area contributed by atoms with E-state index in [1.165, 1.54) is 28.9 Å². The Morgan fingerprint density at radius 2 is 1.96 bits per heavy atom. The predicted molar refractivity (Wildman–Crippen MR) is 111 cm³/mol. The minimum Gasteiger partial charge on any atom is -0.493 e. The van der Waals surface area contributed by atoms with Crippen molar-refractivity contribution in [1.29, 1.82) is 0 Å². The number of ether oxygens (including phenoxy) is 2. The smallest absolute Gasteiger partial charge is 0.348 e. The molecule has 0 radical (unpaired) electrons. The summed E-state index contributed by atoms with van der Waals surface area (Å²) in [6.45, 7) is 0.647. The third kappa shape index (κ3) is 5.74. The molecule has 27 heavy (non-hydrogen) atoms. The SMILES string of the molecule is COC(=O)c1ccc(CCCC2=CCCC2COc2cc(Cl)cc(Cl)c2)s1. The molecule has 1 heterocycles. The molecule has 0 N–H and O–H groups in total. The number of hydrogen-bond acceptors (Lipinski definition) is 4. The van der Waals surface area contributed by atoms with Gasteiger partial charge in [-0.05, 0) is 62.4 Å². The number of thiophene rings is 1. The Labute approximate surface area is 173 Å². The molecular formula is C21H22Cl2O3S. The van der Waals surface area contributed by atoms with Crippen molar-refractivity contribution in [2.45, 2.75) is 32.1 Å². The molecule has 3 rings (SSSR count). The van der Waals surface area contributed by atoms with Gasteiger partial charge >= 0.3 is 5.97 Å². The first-order chi connectivity index (χ1) is 13.0. The monoisotopic (exact) mass is 424 g/mol. The first-order valence-corrected chi connectivity index (χ1v) is 10.6. The predicted octanol–water partition coefficient (Wildman–Crippen LogP) is 6.58. The first kappa shape index (κ1) is 20.2. The number of allylic oxidation sites excluding steroid dienone is 1. The van der Waals surface area contributed by atoms with Gasteiger partial charge in [-0.1, -0.05) is 34.9 Å². The Bertz CT molecular complexity index is 808. The Hall–Kier alpha value is -1.49. The normalized spacial score (nSPS) is 16.3. The highest BCUT2D eigenvalue weighted by Crippen LogP contribution is 2.32. The van der Waals surface area contributed by atoms with Crippen LogP contribution in [0.5, 0.6) is 5.75 Å². The average Bonchev–Trinajstić information content (AvgIpc) is 3.28. The molecule has 0 amide bonds. The Kier molecular flexibility index (Phi) is 7.22. The van der Waals surface area contributed by atoms with Crippen LogP contribution in [0.15, 0.2) is 42.0 Å². The quantitative estimate of drug-likeness (QED) is 0.354. The van der Waals surface area contributed by atoms with E-state index >= 15 is 0 Å². The zero-order chi connectivity index (χ0) is 19.2. The Morgan fingerprint density at radius 3 is 2.70 bits per heavy atom. The summed E-state index contributed by atoms with van der Waals surface area (Å²) >= 11 is 13.6. The molecule has 0 spiro atoms. The maximum Gasteiger partial charge on any atom is 0.348 e. The molecule has 1 aliphatic carbocycles. The summed E-state index contributed by atoms with van der Waals surface area (Å²) in [7, 11) is 1.41. The third-order valence-corrected chi connectivity index (χ3v) is 6.23. The number of esters is 1. The van der Waals surface area contributed by atoms with E-state index < -0.39 is 0 Å². The number of carbonyl (C=O) groups is 1. The second kappa shape index (κ2) is 9.63. The molecule has 0 saturated heterocycles. The van der Waals surface area contributed by atoms with Crippen LogP contribution in [0.3, 0.4) is 0 Å². The van der Waals surface area contributed by atoms with Crippen LogP contribution < -0.4 is 4.74 Å². The van der Waals surface area contributed by atoms with Gasteiger partial charge in [0.25, 0.3) is 0 Å². The van der Waals surface area contributed by atoms with Gasteiger partial charge in [0, 0.05) is 20.8 Å². The van der Waals surface area contributed by atoms with Crippen LogP contribution in [-0.2, 0) is 11.2 Å². The number of methoxy groups -OCH3 is 1. The number of aryl methyl sites for hydroxylation is 1. The maximum absolute atomic E-state index is 11.5. The highest BCUT2D eigenvalue weighted by Gasteiger charge is 2.20. The lowest BCUT2D eigenvalue weighted by molar-refractivity contribution is 0.0606. The van der Waals surface area contributed by atoms with Gasteiger partial charge in [-0.15, -0.1) is 11.3 Å². The van der Waals surface area contributed by atoms with E-state index in [-0.39, 0.29) is 5.97 Å². The topological polar surface area (TPSA) is 35.5 Å². The van der Waals surface area contributed by atoms with E-state index in [4.69, 9.17) is 32.7 Å². The van der Waals surface area contributed by atoms with Crippen LogP contribution >= 0.6 is 34.5 Å². The number of rotatable bonds is 8. The van der Waals surface area contributed by atoms with Crippen LogP contribution in [0.25, 0.3) is 0 Å². The number of carbonyl (C=O) groups excluding carboxylic acids is 1. The standard InChI is InChI=1S/C21H22Cl2O3S/c1-25-21(24)20-9-8-19(27-20)7-3-5-14-4-2-6-15(14)13-26-18-11-16(22)10-17(23)12-18/h4,8-12,15H,2-3,5-7,13H2,1H3. The summed E-state index contributed by atoms with van der Waals surface area (Å²) in [4.78, 5) is 13.4. The van der Waals surface area contributed by atoms with Crippen LogP contribution in [0.2, 0.25) is 10.0 Å². The summed E-state index contributed by atoms with van der Waals surface area (Å²) in [5.41, 5.74) is 1.47. The van der Waals surface area contributed by atoms with Crippen molar-refractivity contribution in [1.82, 2.24) is 0 Å². The molecule has 1 unspecified atom stereocenters. The maximum atomic E-state index is 11.5. The van der Waals surface area contributed by atoms with Crippen molar-refractivity contribution in [3.63, 3.8) is 0 Å². The van der Waals surface area contributed by atoms with Gasteiger partial charge in [-0.3, -0.25) is 0 Å². The van der Waals surface area contributed by atoms with Crippen molar-refractivity contribution in [2.24, 2.45) is 5.92 Å². The fourth-order valence-electron chi connectivity index (χ4n) is 3.32. The van der Waals surface area contributed by atoms with Crippen LogP contribution in [-0.4, -0.2) is 19.7 Å². The molecule has 1 aliphatic rings. The average molecular weight is 425 g/mol. The van der Waals surface area contributed by atoms with Crippen LogP contribution in [0.1, 0.15) is 40.2 Å². The number of benzene rings is 1. The van der Waals surface area contributed by atoms with Gasteiger partial charge in [0.05, 0.1) is 13.7 Å². The number of halogens is 2. The van der Waals surface area contributed by atoms with Gasteiger partial charge in [0.1, 0.15) is 10.6 Å². The Balaban J connectivity index is 1.47. The van der Waals surface area contributed by atoms with Crippen molar-refractivity contribution in [3.05, 3.63) is 61.8 Å². The van der Waals surface area contributed by atoms with E-state index in [1.807, 2.05) is 12.1 Å². The lowest BCUT2D eigenvalue weighted by atomic mass is 9.97. The van der Waals surface area contributed by atoms with Crippen molar-refractivity contribution in [3.8, 4) is 5.75 Å². The van der Waals surface area contributed by atoms with E-state index in [0.29, 0.717) is 33.2 Å². The summed E-state index contributed by atoms with van der Waals surface area (Å²) in [5.74, 6) is 0.896. The second-order valence-corrected chi connectivity index (χ2v) is 8.62. The van der Waals surface area contributed by atoms with Crippen molar-refractivity contribution >= 4 is 40.5 Å². The zero-order valence-corrected chi connectivity index (χ0v) is 17.5. The van der Waals surface area contributed by atoms with E-state index in [2.05, 4.69) is 6.08 Å². The first-order valence-electron chi connectivity index (χ1n) is 9.00. The van der Waals surface area contributed by atoms with Crippen LogP contribution in [0.4, 0.5) is 0 Å². The molecule has 1 atom stereocenters. The summed E-state index contributed by atoms with van der Waals surface area (Å²) in [5, 5.41) is 1.17. The largest absolute Gasteiger partial charge is 0.493 e. The molecule has 0 fully saturated rings. The minimum atomic E-state index is -0.261. The number of hydrogen-bond donors (Lipinski definition) is 0. The van der Waals surface area contributed by atoms with Gasteiger partial charge in [0.15, 0.2) is 0 Å². The zero-order valence-electron chi connectivity index (χ0n) is 15.2. The molecule has 1 aromatic heterocycles. The Morgan fingerprint density at radius 1 is 1.19 bits per heavy atom. The molecule has 0 bridgehead atoms. The van der Waals surface area contributed by atoms with Gasteiger partial charge in [-0.2, -0.15) is 0 Å².